The molecule has 0 spiro atoms. The van der Waals surface area contributed by atoms with Gasteiger partial charge in [0.15, 0.2) is 5.78 Å². The molecule has 1 aliphatic carbocycles. The Kier molecular flexibility index (Phi) is 5.64. The zero-order chi connectivity index (χ0) is 21.3. The van der Waals surface area contributed by atoms with E-state index in [0.717, 1.165) is 5.56 Å². The summed E-state index contributed by atoms with van der Waals surface area (Å²) in [5, 5.41) is 0.508. The van der Waals surface area contributed by atoms with Crippen molar-refractivity contribution in [2.75, 3.05) is 6.61 Å². The minimum absolute atomic E-state index is 0.00518. The summed E-state index contributed by atoms with van der Waals surface area (Å²) < 4.78 is 11.1. The SMILES string of the molecule is CCOC(=O)C1=C(N)OC2=C(C(=O)C[C@@H](c3ccccc3)C2)[C@H]1c1cccc(Cl)c1. The number of ketones is 1. The van der Waals surface area contributed by atoms with Gasteiger partial charge in [0.25, 0.3) is 0 Å². The van der Waals surface area contributed by atoms with Crippen molar-refractivity contribution < 1.29 is 19.1 Å². The summed E-state index contributed by atoms with van der Waals surface area (Å²) in [5.74, 6) is -0.853. The highest BCUT2D eigenvalue weighted by molar-refractivity contribution is 6.30. The molecule has 1 aliphatic heterocycles. The molecule has 0 aromatic heterocycles. The lowest BCUT2D eigenvalue weighted by Crippen LogP contribution is -2.33. The Labute approximate surface area is 180 Å². The quantitative estimate of drug-likeness (QED) is 0.728. The summed E-state index contributed by atoms with van der Waals surface area (Å²) in [6.07, 6.45) is 0.859. The topological polar surface area (TPSA) is 78.6 Å². The number of nitrogens with two attached hydrogens (primary N) is 1. The van der Waals surface area contributed by atoms with Gasteiger partial charge in [-0.05, 0) is 36.1 Å². The Morgan fingerprint density at radius 2 is 1.87 bits per heavy atom. The number of hydrogen-bond acceptors (Lipinski definition) is 5. The number of ether oxygens (including phenoxy) is 2. The molecular formula is C24H22ClNO4. The van der Waals surface area contributed by atoms with Crippen LogP contribution in [-0.4, -0.2) is 18.4 Å². The first-order valence-electron chi connectivity index (χ1n) is 9.90. The first-order valence-corrected chi connectivity index (χ1v) is 10.3. The van der Waals surface area contributed by atoms with Gasteiger partial charge < -0.3 is 15.2 Å². The molecule has 6 heteroatoms. The van der Waals surface area contributed by atoms with E-state index in [1.54, 1.807) is 25.1 Å². The molecule has 0 bridgehead atoms. The second kappa shape index (κ2) is 8.36. The number of carbonyl (C=O) groups excluding carboxylic acids is 2. The molecule has 2 N–H and O–H groups in total. The van der Waals surface area contributed by atoms with E-state index in [4.69, 9.17) is 26.8 Å². The minimum atomic E-state index is -0.671. The molecule has 4 rings (SSSR count). The van der Waals surface area contributed by atoms with E-state index in [0.29, 0.717) is 34.8 Å². The van der Waals surface area contributed by atoms with Gasteiger partial charge in [-0.15, -0.1) is 0 Å². The zero-order valence-electron chi connectivity index (χ0n) is 16.6. The summed E-state index contributed by atoms with van der Waals surface area (Å²) in [6.45, 7) is 1.90. The molecule has 2 atom stereocenters. The van der Waals surface area contributed by atoms with Crippen molar-refractivity contribution in [3.05, 3.63) is 93.5 Å². The molecule has 0 radical (unpaired) electrons. The van der Waals surface area contributed by atoms with Crippen LogP contribution in [0.2, 0.25) is 5.02 Å². The zero-order valence-corrected chi connectivity index (χ0v) is 17.3. The summed E-state index contributed by atoms with van der Waals surface area (Å²) in [6, 6.07) is 16.9. The summed E-state index contributed by atoms with van der Waals surface area (Å²) in [7, 11) is 0. The lowest BCUT2D eigenvalue weighted by atomic mass is 9.73. The highest BCUT2D eigenvalue weighted by Crippen LogP contribution is 2.47. The molecule has 0 saturated heterocycles. The second-order valence-electron chi connectivity index (χ2n) is 7.36. The maximum absolute atomic E-state index is 13.3. The normalized spacial score (nSPS) is 21.2. The van der Waals surface area contributed by atoms with Gasteiger partial charge in [-0.1, -0.05) is 54.1 Å². The molecule has 2 aromatic carbocycles. The van der Waals surface area contributed by atoms with Crippen molar-refractivity contribution in [3.8, 4) is 0 Å². The van der Waals surface area contributed by atoms with Crippen LogP contribution in [0.5, 0.6) is 0 Å². The van der Waals surface area contributed by atoms with E-state index >= 15 is 0 Å². The largest absolute Gasteiger partial charge is 0.462 e. The first kappa shape index (κ1) is 20.2. The van der Waals surface area contributed by atoms with Crippen LogP contribution in [0.4, 0.5) is 0 Å². The monoisotopic (exact) mass is 423 g/mol. The van der Waals surface area contributed by atoms with E-state index in [9.17, 15) is 9.59 Å². The maximum atomic E-state index is 13.3. The van der Waals surface area contributed by atoms with Crippen LogP contribution in [0.15, 0.2) is 77.4 Å². The Hall–Kier alpha value is -3.05. The van der Waals surface area contributed by atoms with E-state index < -0.39 is 11.9 Å². The number of hydrogen-bond donors (Lipinski definition) is 1. The van der Waals surface area contributed by atoms with Gasteiger partial charge in [0.2, 0.25) is 5.88 Å². The molecule has 2 aromatic rings. The number of esters is 1. The van der Waals surface area contributed by atoms with Crippen LogP contribution < -0.4 is 5.73 Å². The Balaban J connectivity index is 1.81. The third kappa shape index (κ3) is 3.73. The average Bonchev–Trinajstić information content (AvgIpc) is 2.73. The fraction of sp³-hybridized carbons (Fsp3) is 0.250. The molecule has 0 saturated carbocycles. The number of benzene rings is 2. The Bertz CT molecular complexity index is 1060. The van der Waals surface area contributed by atoms with E-state index in [-0.39, 0.29) is 29.8 Å². The smallest absolute Gasteiger partial charge is 0.340 e. The van der Waals surface area contributed by atoms with Gasteiger partial charge in [-0.3, -0.25) is 4.79 Å². The van der Waals surface area contributed by atoms with Crippen LogP contribution in [0.25, 0.3) is 0 Å². The van der Waals surface area contributed by atoms with Crippen LogP contribution in [0.3, 0.4) is 0 Å². The van der Waals surface area contributed by atoms with E-state index in [2.05, 4.69) is 0 Å². The van der Waals surface area contributed by atoms with Crippen molar-refractivity contribution in [3.63, 3.8) is 0 Å². The molecule has 1 heterocycles. The number of rotatable bonds is 4. The molecule has 30 heavy (non-hydrogen) atoms. The molecular weight excluding hydrogens is 402 g/mol. The third-order valence-corrected chi connectivity index (χ3v) is 5.72. The molecule has 2 aliphatic rings. The molecule has 0 amide bonds. The van der Waals surface area contributed by atoms with Crippen molar-refractivity contribution in [2.45, 2.75) is 31.6 Å². The van der Waals surface area contributed by atoms with E-state index in [1.807, 2.05) is 36.4 Å². The molecule has 5 nitrogen and oxygen atoms in total. The Morgan fingerprint density at radius 3 is 2.57 bits per heavy atom. The number of Topliss-reactive ketones (excluding diaryl/α,β-unsaturated/α-hetero) is 1. The van der Waals surface area contributed by atoms with Gasteiger partial charge in [0, 0.05) is 23.4 Å². The van der Waals surface area contributed by atoms with Crippen molar-refractivity contribution in [1.29, 1.82) is 0 Å². The van der Waals surface area contributed by atoms with Crippen LogP contribution in [0, 0.1) is 0 Å². The highest BCUT2D eigenvalue weighted by atomic mass is 35.5. The minimum Gasteiger partial charge on any atom is -0.462 e. The maximum Gasteiger partial charge on any atom is 0.340 e. The predicted octanol–water partition coefficient (Wildman–Crippen LogP) is 4.59. The predicted molar refractivity (Wildman–Crippen MR) is 114 cm³/mol. The van der Waals surface area contributed by atoms with Gasteiger partial charge in [-0.2, -0.15) is 0 Å². The fourth-order valence-electron chi connectivity index (χ4n) is 4.20. The van der Waals surface area contributed by atoms with E-state index in [1.165, 1.54) is 0 Å². The van der Waals surface area contributed by atoms with Crippen LogP contribution in [-0.2, 0) is 19.1 Å². The highest BCUT2D eigenvalue weighted by Gasteiger charge is 2.43. The lowest BCUT2D eigenvalue weighted by Gasteiger charge is -2.35. The molecule has 0 unspecified atom stereocenters. The van der Waals surface area contributed by atoms with Gasteiger partial charge in [0.05, 0.1) is 12.5 Å². The number of carbonyl (C=O) groups is 2. The standard InChI is InChI=1S/C24H22ClNO4/c1-2-29-24(28)22-20(15-9-6-10-17(25)11-15)21-18(27)12-16(13-19(21)30-23(22)26)14-7-4-3-5-8-14/h3-11,16,20H,2,12-13,26H2,1H3/t16-,20-/m1/s1. The fourth-order valence-corrected chi connectivity index (χ4v) is 4.39. The van der Waals surface area contributed by atoms with Gasteiger partial charge >= 0.3 is 5.97 Å². The Morgan fingerprint density at radius 1 is 1.13 bits per heavy atom. The first-order chi connectivity index (χ1) is 14.5. The third-order valence-electron chi connectivity index (χ3n) is 5.49. The molecule has 154 valence electrons. The summed E-state index contributed by atoms with van der Waals surface area (Å²) >= 11 is 6.21. The van der Waals surface area contributed by atoms with Crippen molar-refractivity contribution in [2.24, 2.45) is 5.73 Å². The number of allylic oxidation sites excluding steroid dienone is 2. The van der Waals surface area contributed by atoms with Crippen LogP contribution in [0.1, 0.15) is 42.7 Å². The number of halogens is 1. The average molecular weight is 424 g/mol. The van der Waals surface area contributed by atoms with Crippen molar-refractivity contribution >= 4 is 23.4 Å². The van der Waals surface area contributed by atoms with Crippen molar-refractivity contribution in [1.82, 2.24) is 0 Å². The molecule has 0 fully saturated rings. The van der Waals surface area contributed by atoms with Gasteiger partial charge in [-0.25, -0.2) is 4.79 Å². The second-order valence-corrected chi connectivity index (χ2v) is 7.80. The van der Waals surface area contributed by atoms with Crippen LogP contribution >= 0.6 is 11.6 Å². The van der Waals surface area contributed by atoms with Gasteiger partial charge in [0.1, 0.15) is 11.3 Å². The summed E-state index contributed by atoms with van der Waals surface area (Å²) in [5.41, 5.74) is 8.57. The lowest BCUT2D eigenvalue weighted by molar-refractivity contribution is -0.139. The summed E-state index contributed by atoms with van der Waals surface area (Å²) in [4.78, 5) is 26.1.